The number of hydrogen-bond donors (Lipinski definition) is 0. The van der Waals surface area contributed by atoms with Crippen LogP contribution in [-0.4, -0.2) is 32.7 Å². The van der Waals surface area contributed by atoms with Gasteiger partial charge in [-0.05, 0) is 29.8 Å². The van der Waals surface area contributed by atoms with Gasteiger partial charge in [0.2, 0.25) is 5.78 Å². The fraction of sp³-hybridized carbons (Fsp3) is 0.0741. The lowest BCUT2D eigenvalue weighted by Gasteiger charge is -2.08. The van der Waals surface area contributed by atoms with Crippen LogP contribution >= 0.6 is 0 Å². The molecule has 2 heterocycles. The van der Waals surface area contributed by atoms with Gasteiger partial charge in [0.25, 0.3) is 5.69 Å². The molecule has 0 atom stereocenters. The molecule has 0 aliphatic heterocycles. The predicted molar refractivity (Wildman–Crippen MR) is 131 cm³/mol. The zero-order chi connectivity index (χ0) is 24.5. The van der Waals surface area contributed by atoms with Crippen molar-refractivity contribution in [1.29, 1.82) is 0 Å². The van der Waals surface area contributed by atoms with E-state index in [2.05, 4.69) is 4.98 Å². The van der Waals surface area contributed by atoms with Crippen molar-refractivity contribution >= 4 is 33.7 Å². The third-order valence-electron chi connectivity index (χ3n) is 5.77. The van der Waals surface area contributed by atoms with Crippen molar-refractivity contribution in [2.75, 3.05) is 6.61 Å². The number of benzene rings is 3. The second-order valence-corrected chi connectivity index (χ2v) is 7.86. The Balaban J connectivity index is 1.69. The van der Waals surface area contributed by atoms with Crippen LogP contribution in [0.1, 0.15) is 33.3 Å². The van der Waals surface area contributed by atoms with E-state index in [1.165, 1.54) is 41.1 Å². The summed E-state index contributed by atoms with van der Waals surface area (Å²) >= 11 is 0. The smallest absolute Gasteiger partial charge is 0.340 e. The van der Waals surface area contributed by atoms with Gasteiger partial charge in [-0.3, -0.25) is 19.3 Å². The molecule has 172 valence electrons. The van der Waals surface area contributed by atoms with Gasteiger partial charge >= 0.3 is 5.97 Å². The molecule has 0 saturated heterocycles. The molecule has 8 nitrogen and oxygen atoms in total. The highest BCUT2D eigenvalue weighted by Gasteiger charge is 2.23. The third kappa shape index (κ3) is 3.91. The zero-order valence-electron chi connectivity index (χ0n) is 18.7. The van der Waals surface area contributed by atoms with Crippen molar-refractivity contribution in [3.8, 4) is 11.3 Å². The first-order valence-electron chi connectivity index (χ1n) is 10.9. The lowest BCUT2D eigenvalue weighted by Crippen LogP contribution is -2.06. The van der Waals surface area contributed by atoms with Gasteiger partial charge in [0.1, 0.15) is 6.33 Å². The topological polar surface area (TPSA) is 104 Å². The van der Waals surface area contributed by atoms with Crippen molar-refractivity contribution in [1.82, 2.24) is 9.38 Å². The number of carbonyl (C=O) groups is 2. The number of aromatic nitrogens is 2. The molecule has 0 aliphatic rings. The fourth-order valence-electron chi connectivity index (χ4n) is 4.15. The highest BCUT2D eigenvalue weighted by atomic mass is 16.6. The summed E-state index contributed by atoms with van der Waals surface area (Å²) in [5.41, 5.74) is 2.27. The number of nitrogens with zero attached hydrogens (tertiary/aromatic N) is 3. The monoisotopic (exact) mass is 465 g/mol. The van der Waals surface area contributed by atoms with E-state index in [-0.39, 0.29) is 29.1 Å². The normalized spacial score (nSPS) is 11.0. The highest BCUT2D eigenvalue weighted by Crippen LogP contribution is 2.30. The number of nitro groups is 1. The van der Waals surface area contributed by atoms with Gasteiger partial charge in [0, 0.05) is 23.3 Å². The number of fused-ring (bicyclic) bond motifs is 2. The molecule has 3 aromatic carbocycles. The SMILES string of the molecule is CCOC(=O)c1cc(C(=O)c2cccc([N+](=O)[O-])c2)n2cnc(-c3cccc4ccccc34)cc12. The van der Waals surface area contributed by atoms with Crippen LogP contribution in [-0.2, 0) is 4.74 Å². The molecule has 5 rings (SSSR count). The van der Waals surface area contributed by atoms with Crippen molar-refractivity contribution in [3.05, 3.63) is 112 Å². The van der Waals surface area contributed by atoms with E-state index in [1.54, 1.807) is 13.0 Å². The lowest BCUT2D eigenvalue weighted by atomic mass is 10.0. The van der Waals surface area contributed by atoms with E-state index < -0.39 is 16.7 Å². The van der Waals surface area contributed by atoms with Crippen molar-refractivity contribution in [3.63, 3.8) is 0 Å². The van der Waals surface area contributed by atoms with Crippen molar-refractivity contribution in [2.24, 2.45) is 0 Å². The maximum absolute atomic E-state index is 13.3. The molecule has 0 bridgehead atoms. The Hall–Kier alpha value is -4.85. The highest BCUT2D eigenvalue weighted by molar-refractivity contribution is 6.11. The molecule has 0 spiro atoms. The average molecular weight is 465 g/mol. The van der Waals surface area contributed by atoms with Crippen LogP contribution in [0.15, 0.2) is 85.2 Å². The largest absolute Gasteiger partial charge is 0.462 e. The van der Waals surface area contributed by atoms with Gasteiger partial charge < -0.3 is 4.74 Å². The van der Waals surface area contributed by atoms with E-state index >= 15 is 0 Å². The number of hydrogen-bond acceptors (Lipinski definition) is 6. The molecule has 0 N–H and O–H groups in total. The van der Waals surface area contributed by atoms with Gasteiger partial charge in [0.15, 0.2) is 0 Å². The van der Waals surface area contributed by atoms with E-state index in [0.717, 1.165) is 16.3 Å². The van der Waals surface area contributed by atoms with Gasteiger partial charge in [0.05, 0.1) is 34.0 Å². The molecule has 2 aromatic heterocycles. The predicted octanol–water partition coefficient (Wildman–Crippen LogP) is 5.47. The fourth-order valence-corrected chi connectivity index (χ4v) is 4.15. The maximum Gasteiger partial charge on any atom is 0.340 e. The molecular weight excluding hydrogens is 446 g/mol. The second-order valence-electron chi connectivity index (χ2n) is 7.86. The minimum absolute atomic E-state index is 0.132. The Kier molecular flexibility index (Phi) is 5.54. The molecule has 0 saturated carbocycles. The number of non-ortho nitro benzene ring substituents is 1. The Morgan fingerprint density at radius 3 is 2.57 bits per heavy atom. The molecule has 0 radical (unpaired) electrons. The molecule has 35 heavy (non-hydrogen) atoms. The number of nitro benzene ring substituents is 1. The standard InChI is InChI=1S/C27H19N3O5/c1-2-35-27(32)22-14-25(26(31)18-9-5-10-19(13-18)30(33)34)29-16-28-23(15-24(22)29)21-12-6-8-17-7-3-4-11-20(17)21/h3-16H,2H2,1H3. The van der Waals surface area contributed by atoms with Crippen LogP contribution in [0.5, 0.6) is 0 Å². The summed E-state index contributed by atoms with van der Waals surface area (Å²) in [7, 11) is 0. The minimum atomic E-state index is -0.571. The molecule has 0 fully saturated rings. The van der Waals surface area contributed by atoms with Gasteiger partial charge in [-0.25, -0.2) is 9.78 Å². The van der Waals surface area contributed by atoms with E-state index in [4.69, 9.17) is 4.74 Å². The maximum atomic E-state index is 13.3. The van der Waals surface area contributed by atoms with Gasteiger partial charge in [-0.1, -0.05) is 54.6 Å². The molecule has 8 heteroatoms. The third-order valence-corrected chi connectivity index (χ3v) is 5.77. The Morgan fingerprint density at radius 1 is 1.00 bits per heavy atom. The van der Waals surface area contributed by atoms with Crippen LogP contribution in [0, 0.1) is 10.1 Å². The summed E-state index contributed by atoms with van der Waals surface area (Å²) in [4.78, 5) is 41.3. The van der Waals surface area contributed by atoms with Gasteiger partial charge in [-0.2, -0.15) is 0 Å². The number of ether oxygens (including phenoxy) is 1. The van der Waals surface area contributed by atoms with Crippen LogP contribution in [0.2, 0.25) is 0 Å². The number of rotatable bonds is 6. The first-order valence-corrected chi connectivity index (χ1v) is 10.9. The lowest BCUT2D eigenvalue weighted by molar-refractivity contribution is -0.384. The average Bonchev–Trinajstić information content (AvgIpc) is 3.27. The number of carbonyl (C=O) groups excluding carboxylic acids is 2. The molecule has 0 unspecified atom stereocenters. The summed E-state index contributed by atoms with van der Waals surface area (Å²) in [5, 5.41) is 13.2. The summed E-state index contributed by atoms with van der Waals surface area (Å²) in [6.07, 6.45) is 1.49. The first-order chi connectivity index (χ1) is 17.0. The molecule has 0 aliphatic carbocycles. The summed E-state index contributed by atoms with van der Waals surface area (Å²) in [6, 6.07) is 22.5. The van der Waals surface area contributed by atoms with Crippen molar-refractivity contribution < 1.29 is 19.2 Å². The Labute approximate surface area is 199 Å². The first kappa shape index (κ1) is 22.0. The van der Waals surface area contributed by atoms with E-state index in [1.807, 2.05) is 42.5 Å². The molecular formula is C27H19N3O5. The van der Waals surface area contributed by atoms with E-state index in [0.29, 0.717) is 11.2 Å². The van der Waals surface area contributed by atoms with Crippen molar-refractivity contribution in [2.45, 2.75) is 6.92 Å². The van der Waals surface area contributed by atoms with Crippen LogP contribution in [0.3, 0.4) is 0 Å². The van der Waals surface area contributed by atoms with E-state index in [9.17, 15) is 19.7 Å². The van der Waals surface area contributed by atoms with Gasteiger partial charge in [-0.15, -0.1) is 0 Å². The Bertz CT molecular complexity index is 1630. The summed E-state index contributed by atoms with van der Waals surface area (Å²) in [6.45, 7) is 1.88. The number of esters is 1. The zero-order valence-corrected chi connectivity index (χ0v) is 18.7. The van der Waals surface area contributed by atoms with Crippen LogP contribution in [0.4, 0.5) is 5.69 Å². The quantitative estimate of drug-likeness (QED) is 0.143. The molecule has 5 aromatic rings. The van der Waals surface area contributed by atoms with Crippen LogP contribution in [0.25, 0.3) is 27.5 Å². The number of ketones is 1. The summed E-state index contributed by atoms with van der Waals surface area (Å²) in [5.74, 6) is -1.04. The summed E-state index contributed by atoms with van der Waals surface area (Å²) < 4.78 is 6.74. The van der Waals surface area contributed by atoms with Crippen LogP contribution < -0.4 is 0 Å². The second kappa shape index (κ2) is 8.83. The minimum Gasteiger partial charge on any atom is -0.462 e. The molecule has 0 amide bonds. The Morgan fingerprint density at radius 2 is 1.77 bits per heavy atom.